The van der Waals surface area contributed by atoms with Gasteiger partial charge in [0.25, 0.3) is 0 Å². The molecule has 16 heavy (non-hydrogen) atoms. The zero-order valence-corrected chi connectivity index (χ0v) is 10.0. The molecule has 2 saturated heterocycles. The number of nitrogens with one attached hydrogen (secondary N) is 1. The minimum atomic E-state index is 0.303. The highest BCUT2D eigenvalue weighted by Crippen LogP contribution is 2.26. The summed E-state index contributed by atoms with van der Waals surface area (Å²) in [4.78, 5) is 15.3. The van der Waals surface area contributed by atoms with Crippen LogP contribution in [0.15, 0.2) is 17.5 Å². The Kier molecular flexibility index (Phi) is 2.69. The molecule has 2 atom stereocenters. The second-order valence-electron chi connectivity index (χ2n) is 4.73. The maximum atomic E-state index is 12.1. The quantitative estimate of drug-likeness (QED) is 0.830. The fourth-order valence-electron chi connectivity index (χ4n) is 2.73. The zero-order chi connectivity index (χ0) is 11.0. The standard InChI is InChI=1S/C12H16N2OS/c15-12(4-11-2-1-3-16-11)14-7-9-5-13-6-10(9)8-14/h1-3,9-10,13H,4-8H2. The minimum Gasteiger partial charge on any atom is -0.342 e. The highest BCUT2D eigenvalue weighted by atomic mass is 32.1. The first kappa shape index (κ1) is 10.3. The second-order valence-corrected chi connectivity index (χ2v) is 5.77. The smallest absolute Gasteiger partial charge is 0.227 e. The molecule has 1 aromatic rings. The summed E-state index contributed by atoms with van der Waals surface area (Å²) in [7, 11) is 0. The Balaban J connectivity index is 1.60. The summed E-state index contributed by atoms with van der Waals surface area (Å²) in [6.07, 6.45) is 0.588. The molecule has 1 N–H and O–H groups in total. The number of likely N-dealkylation sites (tertiary alicyclic amines) is 1. The topological polar surface area (TPSA) is 32.3 Å². The van der Waals surface area contributed by atoms with Gasteiger partial charge in [-0.2, -0.15) is 0 Å². The summed E-state index contributed by atoms with van der Waals surface area (Å²) in [5.74, 6) is 1.71. The van der Waals surface area contributed by atoms with Crippen LogP contribution in [-0.2, 0) is 11.2 Å². The Morgan fingerprint density at radius 3 is 2.81 bits per heavy atom. The van der Waals surface area contributed by atoms with Gasteiger partial charge in [0.1, 0.15) is 0 Å². The van der Waals surface area contributed by atoms with Gasteiger partial charge in [-0.3, -0.25) is 4.79 Å². The Morgan fingerprint density at radius 1 is 1.44 bits per heavy atom. The molecule has 1 aromatic heterocycles. The number of hydrogen-bond acceptors (Lipinski definition) is 3. The van der Waals surface area contributed by atoms with E-state index in [1.54, 1.807) is 11.3 Å². The van der Waals surface area contributed by atoms with E-state index < -0.39 is 0 Å². The van der Waals surface area contributed by atoms with E-state index in [0.717, 1.165) is 26.2 Å². The largest absolute Gasteiger partial charge is 0.342 e. The predicted molar refractivity (Wildman–Crippen MR) is 64.5 cm³/mol. The first-order chi connectivity index (χ1) is 7.83. The third-order valence-corrected chi connectivity index (χ3v) is 4.52. The monoisotopic (exact) mass is 236 g/mol. The Labute approximate surface area is 99.5 Å². The molecule has 0 spiro atoms. The lowest BCUT2D eigenvalue weighted by molar-refractivity contribution is -0.129. The molecule has 2 unspecified atom stereocenters. The fraction of sp³-hybridized carbons (Fsp3) is 0.583. The van der Waals surface area contributed by atoms with E-state index in [-0.39, 0.29) is 0 Å². The van der Waals surface area contributed by atoms with Crippen LogP contribution in [0.4, 0.5) is 0 Å². The van der Waals surface area contributed by atoms with Crippen LogP contribution in [-0.4, -0.2) is 37.0 Å². The van der Waals surface area contributed by atoms with Gasteiger partial charge in [-0.05, 0) is 23.3 Å². The predicted octanol–water partition coefficient (Wildman–Crippen LogP) is 0.968. The van der Waals surface area contributed by atoms with Crippen molar-refractivity contribution in [1.82, 2.24) is 10.2 Å². The van der Waals surface area contributed by atoms with Crippen molar-refractivity contribution in [1.29, 1.82) is 0 Å². The molecule has 0 saturated carbocycles. The number of rotatable bonds is 2. The van der Waals surface area contributed by atoms with Gasteiger partial charge in [-0.15, -0.1) is 11.3 Å². The van der Waals surface area contributed by atoms with Gasteiger partial charge in [0, 0.05) is 31.1 Å². The van der Waals surface area contributed by atoms with Gasteiger partial charge in [0.05, 0.1) is 6.42 Å². The average Bonchev–Trinajstić information content (AvgIpc) is 2.91. The van der Waals surface area contributed by atoms with Crippen molar-refractivity contribution in [3.8, 4) is 0 Å². The third-order valence-electron chi connectivity index (χ3n) is 3.65. The van der Waals surface area contributed by atoms with Crippen LogP contribution in [0.3, 0.4) is 0 Å². The number of hydrogen-bond donors (Lipinski definition) is 1. The zero-order valence-electron chi connectivity index (χ0n) is 9.19. The molecule has 2 aliphatic heterocycles. The molecule has 86 valence electrons. The van der Waals surface area contributed by atoms with E-state index in [2.05, 4.69) is 10.2 Å². The van der Waals surface area contributed by atoms with Crippen molar-refractivity contribution in [3.05, 3.63) is 22.4 Å². The van der Waals surface area contributed by atoms with Crippen LogP contribution in [0.1, 0.15) is 4.88 Å². The van der Waals surface area contributed by atoms with Gasteiger partial charge in [0.15, 0.2) is 0 Å². The van der Waals surface area contributed by atoms with E-state index in [1.165, 1.54) is 4.88 Å². The molecular formula is C12H16N2OS. The summed E-state index contributed by atoms with van der Waals surface area (Å²) in [5.41, 5.74) is 0. The molecule has 3 heterocycles. The normalized spacial score (nSPS) is 28.4. The van der Waals surface area contributed by atoms with E-state index in [1.807, 2.05) is 17.5 Å². The van der Waals surface area contributed by atoms with Crippen molar-refractivity contribution >= 4 is 17.2 Å². The number of fused-ring (bicyclic) bond motifs is 1. The molecule has 0 aliphatic carbocycles. The Bertz CT molecular complexity index is 364. The molecular weight excluding hydrogens is 220 g/mol. The van der Waals surface area contributed by atoms with Crippen molar-refractivity contribution < 1.29 is 4.79 Å². The van der Waals surface area contributed by atoms with E-state index in [9.17, 15) is 4.79 Å². The fourth-order valence-corrected chi connectivity index (χ4v) is 3.43. The van der Waals surface area contributed by atoms with Crippen LogP contribution in [0.5, 0.6) is 0 Å². The highest BCUT2D eigenvalue weighted by Gasteiger charge is 2.37. The number of thiophene rings is 1. The summed E-state index contributed by atoms with van der Waals surface area (Å²) < 4.78 is 0. The molecule has 4 heteroatoms. The number of carbonyl (C=O) groups is 1. The van der Waals surface area contributed by atoms with E-state index in [4.69, 9.17) is 0 Å². The van der Waals surface area contributed by atoms with Gasteiger partial charge in [-0.1, -0.05) is 6.07 Å². The molecule has 3 nitrogen and oxygen atoms in total. The van der Waals surface area contributed by atoms with Crippen LogP contribution in [0.25, 0.3) is 0 Å². The summed E-state index contributed by atoms with van der Waals surface area (Å²) in [6, 6.07) is 4.05. The van der Waals surface area contributed by atoms with Gasteiger partial charge in [0.2, 0.25) is 5.91 Å². The van der Waals surface area contributed by atoms with Gasteiger partial charge >= 0.3 is 0 Å². The molecule has 3 rings (SSSR count). The molecule has 0 aromatic carbocycles. The number of carbonyl (C=O) groups excluding carboxylic acids is 1. The Hall–Kier alpha value is -0.870. The number of nitrogens with zero attached hydrogens (tertiary/aromatic N) is 1. The van der Waals surface area contributed by atoms with E-state index in [0.29, 0.717) is 24.2 Å². The SMILES string of the molecule is O=C(Cc1cccs1)N1CC2CNCC2C1. The van der Waals surface area contributed by atoms with Crippen molar-refractivity contribution in [2.24, 2.45) is 11.8 Å². The van der Waals surface area contributed by atoms with Crippen molar-refractivity contribution in [2.75, 3.05) is 26.2 Å². The van der Waals surface area contributed by atoms with Crippen molar-refractivity contribution in [2.45, 2.75) is 6.42 Å². The molecule has 0 radical (unpaired) electrons. The lowest BCUT2D eigenvalue weighted by Crippen LogP contribution is -2.32. The molecule has 1 amide bonds. The minimum absolute atomic E-state index is 0.303. The summed E-state index contributed by atoms with van der Waals surface area (Å²) in [5, 5.41) is 5.43. The highest BCUT2D eigenvalue weighted by molar-refractivity contribution is 7.10. The first-order valence-electron chi connectivity index (χ1n) is 5.84. The maximum absolute atomic E-state index is 12.1. The lowest BCUT2D eigenvalue weighted by atomic mass is 10.0. The summed E-state index contributed by atoms with van der Waals surface area (Å²) >= 11 is 1.67. The molecule has 2 fully saturated rings. The lowest BCUT2D eigenvalue weighted by Gasteiger charge is -2.16. The second kappa shape index (κ2) is 4.18. The van der Waals surface area contributed by atoms with E-state index >= 15 is 0 Å². The average molecular weight is 236 g/mol. The number of amides is 1. The van der Waals surface area contributed by atoms with Gasteiger partial charge in [-0.25, -0.2) is 0 Å². The molecule has 0 bridgehead atoms. The van der Waals surface area contributed by atoms with Gasteiger partial charge < -0.3 is 10.2 Å². The van der Waals surface area contributed by atoms with Crippen molar-refractivity contribution in [3.63, 3.8) is 0 Å². The maximum Gasteiger partial charge on any atom is 0.227 e. The van der Waals surface area contributed by atoms with Crippen LogP contribution >= 0.6 is 11.3 Å². The van der Waals surface area contributed by atoms with Crippen LogP contribution in [0, 0.1) is 11.8 Å². The third kappa shape index (κ3) is 1.87. The van der Waals surface area contributed by atoms with Crippen LogP contribution < -0.4 is 5.32 Å². The molecule has 2 aliphatic rings. The Morgan fingerprint density at radius 2 is 2.19 bits per heavy atom. The van der Waals surface area contributed by atoms with Crippen LogP contribution in [0.2, 0.25) is 0 Å². The first-order valence-corrected chi connectivity index (χ1v) is 6.72. The summed E-state index contributed by atoms with van der Waals surface area (Å²) in [6.45, 7) is 4.10.